The fourth-order valence-corrected chi connectivity index (χ4v) is 2.51. The maximum Gasteiger partial charge on any atom is 0.347 e. The summed E-state index contributed by atoms with van der Waals surface area (Å²) in [7, 11) is 0. The summed E-state index contributed by atoms with van der Waals surface area (Å²) in [5.74, 6) is 0.277. The maximum absolute atomic E-state index is 11.6. The van der Waals surface area contributed by atoms with Crippen LogP contribution in [0.4, 0.5) is 0 Å². The Morgan fingerprint density at radius 2 is 1.81 bits per heavy atom. The smallest absolute Gasteiger partial charge is 0.347 e. The summed E-state index contributed by atoms with van der Waals surface area (Å²) in [6, 6.07) is 17.3. The number of carbonyl (C=O) groups is 1. The summed E-state index contributed by atoms with van der Waals surface area (Å²) in [4.78, 5) is 11.6. The van der Waals surface area contributed by atoms with E-state index >= 15 is 0 Å². The fraction of sp³-hybridized carbons (Fsp3) is 0.381. The number of nitrogens with one attached hydrogen (secondary N) is 1. The Morgan fingerprint density at radius 1 is 1.12 bits per heavy atom. The van der Waals surface area contributed by atoms with Crippen LogP contribution < -0.4 is 10.1 Å². The second kappa shape index (κ2) is 10.6. The zero-order valence-electron chi connectivity index (χ0n) is 15.4. The van der Waals surface area contributed by atoms with Crippen LogP contribution in [0.5, 0.6) is 5.75 Å². The molecule has 2 rings (SSSR count). The van der Waals surface area contributed by atoms with Crippen LogP contribution in [0.15, 0.2) is 54.6 Å². The average Bonchev–Trinajstić information content (AvgIpc) is 2.67. The lowest BCUT2D eigenvalue weighted by atomic mass is 10.1. The van der Waals surface area contributed by atoms with E-state index in [9.17, 15) is 9.90 Å². The molecule has 26 heavy (non-hydrogen) atoms. The molecule has 0 amide bonds. The highest BCUT2D eigenvalue weighted by Gasteiger charge is 2.15. The number of carbonyl (C=O) groups excluding carboxylic acids is 1. The molecule has 2 aromatic rings. The maximum atomic E-state index is 11.6. The number of ether oxygens (including phenoxy) is 2. The molecule has 2 N–H and O–H groups in total. The van der Waals surface area contributed by atoms with E-state index < -0.39 is 12.2 Å². The Hall–Kier alpha value is -2.37. The van der Waals surface area contributed by atoms with E-state index in [1.807, 2.05) is 54.6 Å². The van der Waals surface area contributed by atoms with Gasteiger partial charge in [-0.1, -0.05) is 42.5 Å². The van der Waals surface area contributed by atoms with Crippen molar-refractivity contribution in [1.82, 2.24) is 5.32 Å². The molecule has 0 saturated carbocycles. The molecule has 2 atom stereocenters. The van der Waals surface area contributed by atoms with Gasteiger partial charge in [0, 0.05) is 6.54 Å². The highest BCUT2D eigenvalue weighted by molar-refractivity contribution is 5.74. The van der Waals surface area contributed by atoms with Gasteiger partial charge in [0.2, 0.25) is 0 Å². The fourth-order valence-electron chi connectivity index (χ4n) is 2.51. The Labute approximate surface area is 155 Å². The van der Waals surface area contributed by atoms with Crippen LogP contribution in [0.25, 0.3) is 0 Å². The van der Waals surface area contributed by atoms with Crippen molar-refractivity contribution in [2.45, 2.75) is 32.5 Å². The predicted molar refractivity (Wildman–Crippen MR) is 101 cm³/mol. The summed E-state index contributed by atoms with van der Waals surface area (Å²) < 4.78 is 10.5. The minimum atomic E-state index is -0.623. The number of benzene rings is 2. The summed E-state index contributed by atoms with van der Waals surface area (Å²) in [6.07, 6.45) is -0.284. The molecule has 0 aliphatic carbocycles. The molecule has 2 aromatic carbocycles. The van der Waals surface area contributed by atoms with Crippen LogP contribution in [-0.2, 0) is 16.0 Å². The molecule has 0 saturated heterocycles. The molecular formula is C21H27NO4. The van der Waals surface area contributed by atoms with Crippen molar-refractivity contribution >= 4 is 5.97 Å². The van der Waals surface area contributed by atoms with Crippen molar-refractivity contribution in [1.29, 1.82) is 0 Å². The SMILES string of the molecule is CCOC(=O)C(C)Oc1ccc(CCNCC(O)c2ccccc2)cc1. The van der Waals surface area contributed by atoms with Gasteiger partial charge in [0.15, 0.2) is 6.10 Å². The van der Waals surface area contributed by atoms with E-state index in [0.717, 1.165) is 24.1 Å². The predicted octanol–water partition coefficient (Wildman–Crippen LogP) is 2.88. The molecule has 5 heteroatoms. The van der Waals surface area contributed by atoms with Gasteiger partial charge in [-0.15, -0.1) is 0 Å². The molecule has 0 aliphatic rings. The number of aliphatic hydroxyl groups is 1. The van der Waals surface area contributed by atoms with Gasteiger partial charge in [-0.2, -0.15) is 0 Å². The first-order valence-corrected chi connectivity index (χ1v) is 8.96. The van der Waals surface area contributed by atoms with Crippen LogP contribution in [0, 0.1) is 0 Å². The first-order valence-electron chi connectivity index (χ1n) is 8.96. The summed E-state index contributed by atoms with van der Waals surface area (Å²) >= 11 is 0. The van der Waals surface area contributed by atoms with E-state index in [-0.39, 0.29) is 5.97 Å². The van der Waals surface area contributed by atoms with Crippen molar-refractivity contribution in [3.05, 3.63) is 65.7 Å². The zero-order valence-corrected chi connectivity index (χ0v) is 15.4. The van der Waals surface area contributed by atoms with Gasteiger partial charge in [0.1, 0.15) is 5.75 Å². The highest BCUT2D eigenvalue weighted by Crippen LogP contribution is 2.15. The minimum absolute atomic E-state index is 0.345. The van der Waals surface area contributed by atoms with Gasteiger partial charge >= 0.3 is 5.97 Å². The van der Waals surface area contributed by atoms with Crippen LogP contribution in [-0.4, -0.2) is 36.9 Å². The van der Waals surface area contributed by atoms with Crippen LogP contribution in [0.2, 0.25) is 0 Å². The molecule has 0 spiro atoms. The Balaban J connectivity index is 1.71. The average molecular weight is 357 g/mol. The minimum Gasteiger partial charge on any atom is -0.479 e. The van der Waals surface area contributed by atoms with Crippen molar-refractivity contribution < 1.29 is 19.4 Å². The molecule has 0 aromatic heterocycles. The van der Waals surface area contributed by atoms with Crippen molar-refractivity contribution in [3.8, 4) is 5.75 Å². The van der Waals surface area contributed by atoms with Gasteiger partial charge in [-0.25, -0.2) is 4.79 Å². The molecule has 2 unspecified atom stereocenters. The third-order valence-electron chi connectivity index (χ3n) is 3.97. The Bertz CT molecular complexity index is 657. The van der Waals surface area contributed by atoms with Gasteiger partial charge in [-0.05, 0) is 50.1 Å². The molecular weight excluding hydrogens is 330 g/mol. The van der Waals surface area contributed by atoms with Crippen molar-refractivity contribution in [2.24, 2.45) is 0 Å². The number of rotatable bonds is 10. The van der Waals surface area contributed by atoms with Crippen molar-refractivity contribution in [3.63, 3.8) is 0 Å². The lowest BCUT2D eigenvalue weighted by Crippen LogP contribution is -2.26. The molecule has 0 radical (unpaired) electrons. The Kier molecular flexibility index (Phi) is 8.12. The van der Waals surface area contributed by atoms with E-state index in [2.05, 4.69) is 5.32 Å². The molecule has 140 valence electrons. The molecule has 0 aliphatic heterocycles. The quantitative estimate of drug-likeness (QED) is 0.505. The zero-order chi connectivity index (χ0) is 18.8. The standard InChI is InChI=1S/C21H27NO4/c1-3-25-21(24)16(2)26-19-11-9-17(10-12-19)13-14-22-15-20(23)18-7-5-4-6-8-18/h4-12,16,20,22-23H,3,13-15H2,1-2H3. The van der Waals surface area contributed by atoms with Gasteiger partial charge in [-0.3, -0.25) is 0 Å². The van der Waals surface area contributed by atoms with Crippen LogP contribution in [0.1, 0.15) is 31.1 Å². The van der Waals surface area contributed by atoms with E-state index in [1.54, 1.807) is 13.8 Å². The van der Waals surface area contributed by atoms with Crippen LogP contribution in [0.3, 0.4) is 0 Å². The third kappa shape index (κ3) is 6.50. The lowest BCUT2D eigenvalue weighted by Gasteiger charge is -2.14. The van der Waals surface area contributed by atoms with E-state index in [4.69, 9.17) is 9.47 Å². The van der Waals surface area contributed by atoms with Gasteiger partial charge in [0.05, 0.1) is 12.7 Å². The normalized spacial score (nSPS) is 13.0. The number of esters is 1. The first-order chi connectivity index (χ1) is 12.6. The Morgan fingerprint density at radius 3 is 2.46 bits per heavy atom. The monoisotopic (exact) mass is 357 g/mol. The summed E-state index contributed by atoms with van der Waals surface area (Å²) in [5, 5.41) is 13.4. The van der Waals surface area contributed by atoms with E-state index in [1.165, 1.54) is 0 Å². The van der Waals surface area contributed by atoms with E-state index in [0.29, 0.717) is 18.9 Å². The van der Waals surface area contributed by atoms with Crippen molar-refractivity contribution in [2.75, 3.05) is 19.7 Å². The van der Waals surface area contributed by atoms with Gasteiger partial charge in [0.25, 0.3) is 0 Å². The van der Waals surface area contributed by atoms with Crippen LogP contribution >= 0.6 is 0 Å². The number of hydrogen-bond donors (Lipinski definition) is 2. The third-order valence-corrected chi connectivity index (χ3v) is 3.97. The topological polar surface area (TPSA) is 67.8 Å². The largest absolute Gasteiger partial charge is 0.479 e. The summed E-state index contributed by atoms with van der Waals surface area (Å²) in [6.45, 7) is 5.07. The lowest BCUT2D eigenvalue weighted by molar-refractivity contribution is -0.150. The second-order valence-electron chi connectivity index (χ2n) is 6.04. The first kappa shape index (κ1) is 19.9. The second-order valence-corrected chi connectivity index (χ2v) is 6.04. The number of hydrogen-bond acceptors (Lipinski definition) is 5. The van der Waals surface area contributed by atoms with Gasteiger partial charge < -0.3 is 19.9 Å². The molecule has 0 fully saturated rings. The molecule has 0 bridgehead atoms. The molecule has 0 heterocycles. The highest BCUT2D eigenvalue weighted by atomic mass is 16.6. The number of aliphatic hydroxyl groups excluding tert-OH is 1. The molecule has 5 nitrogen and oxygen atoms in total. The summed E-state index contributed by atoms with van der Waals surface area (Å²) in [5.41, 5.74) is 2.07.